The average Bonchev–Trinajstić information content (AvgIpc) is 3.57. The fourth-order valence-corrected chi connectivity index (χ4v) is 5.11. The third-order valence-electron chi connectivity index (χ3n) is 7.16. The number of esters is 1. The van der Waals surface area contributed by atoms with Crippen LogP contribution in [0.4, 0.5) is 0 Å². The molecule has 0 radical (unpaired) electrons. The largest absolute Gasteiger partial charge is 0.507 e. The number of nitrogens with zero attached hydrogens (tertiary/aromatic N) is 3. The van der Waals surface area contributed by atoms with E-state index in [1.807, 2.05) is 35.0 Å². The number of rotatable bonds is 8. The molecule has 3 aromatic rings. The van der Waals surface area contributed by atoms with Crippen molar-refractivity contribution in [3.05, 3.63) is 82.2 Å². The summed E-state index contributed by atoms with van der Waals surface area (Å²) >= 11 is 0. The summed E-state index contributed by atoms with van der Waals surface area (Å²) in [5, 5.41) is 11.6. The third kappa shape index (κ3) is 5.39. The highest BCUT2D eigenvalue weighted by Gasteiger charge is 2.46. The van der Waals surface area contributed by atoms with Crippen LogP contribution in [0.25, 0.3) is 5.76 Å². The van der Waals surface area contributed by atoms with Crippen LogP contribution in [0.2, 0.25) is 0 Å². The van der Waals surface area contributed by atoms with Gasteiger partial charge in [0.15, 0.2) is 0 Å². The van der Waals surface area contributed by atoms with Crippen molar-refractivity contribution in [3.8, 4) is 0 Å². The number of hydrogen-bond donors (Lipinski definition) is 2. The van der Waals surface area contributed by atoms with Crippen molar-refractivity contribution in [3.63, 3.8) is 0 Å². The molecule has 39 heavy (non-hydrogen) atoms. The normalized spacial score (nSPS) is 17.2. The van der Waals surface area contributed by atoms with Crippen molar-refractivity contribution in [2.24, 2.45) is 0 Å². The number of aliphatic hydroxyl groups is 1. The van der Waals surface area contributed by atoms with E-state index in [-0.39, 0.29) is 29.0 Å². The molecule has 1 amide bonds. The Morgan fingerprint density at radius 1 is 1.13 bits per heavy atom. The summed E-state index contributed by atoms with van der Waals surface area (Å²) in [6.07, 6.45) is 5.83. The van der Waals surface area contributed by atoms with E-state index in [0.717, 1.165) is 11.1 Å². The van der Waals surface area contributed by atoms with Crippen LogP contribution in [0.1, 0.15) is 78.6 Å². The number of carbonyl (C=O) groups is 3. The van der Waals surface area contributed by atoms with Crippen LogP contribution >= 0.6 is 0 Å². The van der Waals surface area contributed by atoms with Gasteiger partial charge < -0.3 is 24.3 Å². The first kappa shape index (κ1) is 27.9. The molecule has 9 nitrogen and oxygen atoms in total. The number of H-pyrrole nitrogens is 1. The van der Waals surface area contributed by atoms with E-state index in [1.54, 1.807) is 33.3 Å². The molecule has 1 saturated heterocycles. The van der Waals surface area contributed by atoms with Crippen LogP contribution in [0.15, 0.2) is 48.6 Å². The molecule has 0 saturated carbocycles. The number of hydrogen-bond acceptors (Lipinski definition) is 6. The lowest BCUT2D eigenvalue weighted by Crippen LogP contribution is -2.31. The predicted molar refractivity (Wildman–Crippen MR) is 147 cm³/mol. The standard InChI is InChI=1S/C30H36N4O5/c1-7-39-29(38)24-18(2)22(19(3)32-24)26(35)23-25(20-9-11-21(12-10-20)30(4,5)6)34(28(37)27(23)36)15-8-14-33-16-13-31-17-33/h9-13,16-17,25,32,35H,7-8,14-15H2,1-6H3. The summed E-state index contributed by atoms with van der Waals surface area (Å²) in [5.41, 5.74) is 3.25. The number of benzene rings is 1. The van der Waals surface area contributed by atoms with Gasteiger partial charge in [0.2, 0.25) is 0 Å². The Balaban J connectivity index is 1.80. The molecule has 2 N–H and O–H groups in total. The Kier molecular flexibility index (Phi) is 7.81. The maximum atomic E-state index is 13.5. The first-order valence-electron chi connectivity index (χ1n) is 13.2. The monoisotopic (exact) mass is 532 g/mol. The summed E-state index contributed by atoms with van der Waals surface area (Å²) in [6, 6.07) is 7.03. The van der Waals surface area contributed by atoms with Crippen LogP contribution < -0.4 is 0 Å². The number of Topliss-reactive ketones (excluding diaryl/α,β-unsaturated/α-hetero) is 1. The van der Waals surface area contributed by atoms with Gasteiger partial charge >= 0.3 is 5.97 Å². The molecule has 206 valence electrons. The molecule has 9 heteroatoms. The third-order valence-corrected chi connectivity index (χ3v) is 7.16. The van der Waals surface area contributed by atoms with Crippen molar-refractivity contribution in [2.45, 2.75) is 66.0 Å². The summed E-state index contributed by atoms with van der Waals surface area (Å²) < 4.78 is 7.05. The van der Waals surface area contributed by atoms with Crippen LogP contribution in [-0.4, -0.2) is 55.4 Å². The van der Waals surface area contributed by atoms with Crippen LogP contribution in [-0.2, 0) is 26.3 Å². The SMILES string of the molecule is CCOC(=O)c1[nH]c(C)c(C(O)=C2C(=O)C(=O)N(CCCn3ccnc3)C2c2ccc(C(C)(C)C)cc2)c1C. The molecule has 3 heterocycles. The van der Waals surface area contributed by atoms with E-state index in [4.69, 9.17) is 4.74 Å². The van der Waals surface area contributed by atoms with E-state index in [0.29, 0.717) is 36.3 Å². The molecular formula is C30H36N4O5. The van der Waals surface area contributed by atoms with Gasteiger partial charge in [0, 0.05) is 36.7 Å². The molecule has 1 aliphatic heterocycles. The molecule has 2 aromatic heterocycles. The van der Waals surface area contributed by atoms with Crippen molar-refractivity contribution in [2.75, 3.05) is 13.2 Å². The molecule has 1 fully saturated rings. The number of imidazole rings is 1. The Labute approximate surface area is 228 Å². The number of carbonyl (C=O) groups excluding carboxylic acids is 3. The van der Waals surface area contributed by atoms with Gasteiger partial charge in [-0.1, -0.05) is 45.0 Å². The van der Waals surface area contributed by atoms with E-state index in [9.17, 15) is 19.5 Å². The number of aromatic amines is 1. The number of ketones is 1. The zero-order valence-electron chi connectivity index (χ0n) is 23.4. The topological polar surface area (TPSA) is 118 Å². The number of likely N-dealkylation sites (tertiary alicyclic amines) is 1. The molecule has 0 aliphatic carbocycles. The Hall–Kier alpha value is -4.14. The summed E-state index contributed by atoms with van der Waals surface area (Å²) in [5.74, 6) is -2.27. The van der Waals surface area contributed by atoms with Gasteiger partial charge in [-0.05, 0) is 49.3 Å². The minimum atomic E-state index is -0.776. The van der Waals surface area contributed by atoms with E-state index in [1.165, 1.54) is 4.90 Å². The smallest absolute Gasteiger partial charge is 0.355 e. The van der Waals surface area contributed by atoms with Crippen molar-refractivity contribution in [1.29, 1.82) is 0 Å². The van der Waals surface area contributed by atoms with Gasteiger partial charge in [0.25, 0.3) is 11.7 Å². The molecule has 0 bridgehead atoms. The Morgan fingerprint density at radius 3 is 2.41 bits per heavy atom. The van der Waals surface area contributed by atoms with E-state index in [2.05, 4.69) is 30.7 Å². The lowest BCUT2D eigenvalue weighted by Gasteiger charge is -2.26. The number of aryl methyl sites for hydroxylation is 2. The second-order valence-electron chi connectivity index (χ2n) is 10.9. The van der Waals surface area contributed by atoms with E-state index < -0.39 is 23.7 Å². The highest BCUT2D eigenvalue weighted by atomic mass is 16.5. The number of amides is 1. The average molecular weight is 533 g/mol. The van der Waals surface area contributed by atoms with Gasteiger partial charge in [-0.25, -0.2) is 9.78 Å². The molecule has 0 spiro atoms. The molecular weight excluding hydrogens is 496 g/mol. The minimum Gasteiger partial charge on any atom is -0.507 e. The second kappa shape index (κ2) is 10.9. The maximum absolute atomic E-state index is 13.5. The van der Waals surface area contributed by atoms with Gasteiger partial charge in [-0.2, -0.15) is 0 Å². The molecule has 4 rings (SSSR count). The summed E-state index contributed by atoms with van der Waals surface area (Å²) in [4.78, 5) is 47.9. The van der Waals surface area contributed by atoms with Crippen molar-refractivity contribution >= 4 is 23.4 Å². The highest BCUT2D eigenvalue weighted by molar-refractivity contribution is 6.46. The second-order valence-corrected chi connectivity index (χ2v) is 10.9. The lowest BCUT2D eigenvalue weighted by atomic mass is 9.85. The summed E-state index contributed by atoms with van der Waals surface area (Å²) in [7, 11) is 0. The van der Waals surface area contributed by atoms with Crippen molar-refractivity contribution < 1.29 is 24.2 Å². The quantitative estimate of drug-likeness (QED) is 0.186. The highest BCUT2D eigenvalue weighted by Crippen LogP contribution is 2.41. The fraction of sp³-hybridized carbons (Fsp3) is 0.400. The Morgan fingerprint density at radius 2 is 1.82 bits per heavy atom. The molecule has 1 unspecified atom stereocenters. The molecule has 1 aromatic carbocycles. The zero-order valence-corrected chi connectivity index (χ0v) is 23.4. The van der Waals surface area contributed by atoms with Crippen LogP contribution in [0.5, 0.6) is 0 Å². The minimum absolute atomic E-state index is 0.00625. The van der Waals surface area contributed by atoms with Gasteiger partial charge in [-0.3, -0.25) is 9.59 Å². The molecule has 1 aliphatic rings. The predicted octanol–water partition coefficient (Wildman–Crippen LogP) is 4.81. The number of ether oxygens (including phenoxy) is 1. The van der Waals surface area contributed by atoms with Gasteiger partial charge in [0.1, 0.15) is 11.5 Å². The zero-order chi connectivity index (χ0) is 28.5. The van der Waals surface area contributed by atoms with Gasteiger partial charge in [0.05, 0.1) is 24.5 Å². The fourth-order valence-electron chi connectivity index (χ4n) is 5.11. The summed E-state index contributed by atoms with van der Waals surface area (Å²) in [6.45, 7) is 12.6. The van der Waals surface area contributed by atoms with Crippen LogP contribution in [0, 0.1) is 13.8 Å². The molecule has 1 atom stereocenters. The number of nitrogens with one attached hydrogen (secondary N) is 1. The van der Waals surface area contributed by atoms with E-state index >= 15 is 0 Å². The first-order chi connectivity index (χ1) is 18.5. The number of aromatic nitrogens is 3. The Bertz CT molecular complexity index is 1410. The first-order valence-corrected chi connectivity index (χ1v) is 13.2. The lowest BCUT2D eigenvalue weighted by molar-refractivity contribution is -0.139. The maximum Gasteiger partial charge on any atom is 0.355 e. The number of aliphatic hydroxyl groups excluding tert-OH is 1. The van der Waals surface area contributed by atoms with Crippen molar-refractivity contribution in [1.82, 2.24) is 19.4 Å². The van der Waals surface area contributed by atoms with Gasteiger partial charge in [-0.15, -0.1) is 0 Å². The van der Waals surface area contributed by atoms with Crippen LogP contribution in [0.3, 0.4) is 0 Å².